The van der Waals surface area contributed by atoms with E-state index in [9.17, 15) is 9.90 Å². The Morgan fingerprint density at radius 3 is 2.44 bits per heavy atom. The molecule has 1 aliphatic rings. The number of hydrogen-bond acceptors (Lipinski definition) is 6. The summed E-state index contributed by atoms with van der Waals surface area (Å²) in [6.07, 6.45) is 1.73. The first-order chi connectivity index (χ1) is 12.1. The van der Waals surface area contributed by atoms with Crippen molar-refractivity contribution in [2.24, 2.45) is 0 Å². The molecular weight excluding hydrogens is 336 g/mol. The van der Waals surface area contributed by atoms with Gasteiger partial charge in [-0.1, -0.05) is 18.2 Å². The highest BCUT2D eigenvalue weighted by Crippen LogP contribution is 2.39. The topological polar surface area (TPSA) is 82.7 Å². The number of carbonyl (C=O) groups is 1. The minimum absolute atomic E-state index is 0.165. The van der Waals surface area contributed by atoms with Gasteiger partial charge in [0.2, 0.25) is 0 Å². The van der Waals surface area contributed by atoms with Crippen LogP contribution in [0.1, 0.15) is 9.67 Å². The van der Waals surface area contributed by atoms with Gasteiger partial charge in [-0.2, -0.15) is 0 Å². The fourth-order valence-corrected chi connectivity index (χ4v) is 4.22. The number of fused-ring (bicyclic) bond motifs is 1. The first-order valence-corrected chi connectivity index (χ1v) is 8.92. The number of nitrogen functional groups attached to an aromatic ring is 1. The zero-order chi connectivity index (χ0) is 17.4. The lowest BCUT2D eigenvalue weighted by Crippen LogP contribution is -2.46. The molecule has 1 aromatic carbocycles. The Morgan fingerprint density at radius 2 is 1.76 bits per heavy atom. The van der Waals surface area contributed by atoms with Gasteiger partial charge >= 0.3 is 5.97 Å². The Bertz CT molecular complexity index is 917. The molecule has 25 heavy (non-hydrogen) atoms. The largest absolute Gasteiger partial charge is 0.477 e. The molecule has 128 valence electrons. The van der Waals surface area contributed by atoms with E-state index in [1.165, 1.54) is 5.69 Å². The number of para-hydroxylation sites is 1. The highest BCUT2D eigenvalue weighted by atomic mass is 32.1. The number of carboxylic acids is 1. The molecule has 3 heterocycles. The van der Waals surface area contributed by atoms with Crippen molar-refractivity contribution < 1.29 is 9.90 Å². The van der Waals surface area contributed by atoms with Crippen LogP contribution < -0.4 is 15.5 Å². The SMILES string of the molecule is Nc1c(C(=O)O)sc2nccc(N3CCN(c4ccccc4)CC3)c12. The maximum Gasteiger partial charge on any atom is 0.348 e. The number of rotatable bonds is 3. The third kappa shape index (κ3) is 2.76. The average Bonchev–Trinajstić information content (AvgIpc) is 3.00. The number of piperazine rings is 1. The van der Waals surface area contributed by atoms with E-state index in [1.807, 2.05) is 24.3 Å². The van der Waals surface area contributed by atoms with Crippen LogP contribution in [0.15, 0.2) is 42.6 Å². The molecule has 1 aliphatic heterocycles. The van der Waals surface area contributed by atoms with Crippen LogP contribution in [0.5, 0.6) is 0 Å². The molecule has 0 spiro atoms. The molecule has 3 N–H and O–H groups in total. The molecule has 2 aromatic heterocycles. The van der Waals surface area contributed by atoms with Gasteiger partial charge in [0.25, 0.3) is 0 Å². The summed E-state index contributed by atoms with van der Waals surface area (Å²) in [5.74, 6) is -1.000. The Balaban J connectivity index is 1.62. The van der Waals surface area contributed by atoms with E-state index in [0.29, 0.717) is 10.5 Å². The number of anilines is 3. The normalized spacial score (nSPS) is 14.9. The molecule has 0 saturated carbocycles. The van der Waals surface area contributed by atoms with E-state index >= 15 is 0 Å². The summed E-state index contributed by atoms with van der Waals surface area (Å²) in [6, 6.07) is 12.3. The van der Waals surface area contributed by atoms with Gasteiger partial charge in [0, 0.05) is 38.1 Å². The van der Waals surface area contributed by atoms with Crippen molar-refractivity contribution in [2.45, 2.75) is 0 Å². The number of hydrogen-bond donors (Lipinski definition) is 2. The Hall–Kier alpha value is -2.80. The summed E-state index contributed by atoms with van der Waals surface area (Å²) in [5, 5.41) is 10.1. The van der Waals surface area contributed by atoms with Crippen molar-refractivity contribution in [1.82, 2.24) is 4.98 Å². The smallest absolute Gasteiger partial charge is 0.348 e. The van der Waals surface area contributed by atoms with E-state index in [0.717, 1.165) is 48.6 Å². The van der Waals surface area contributed by atoms with Gasteiger partial charge in [-0.25, -0.2) is 9.78 Å². The molecule has 7 heteroatoms. The summed E-state index contributed by atoms with van der Waals surface area (Å²) in [4.78, 5) is 21.1. The monoisotopic (exact) mass is 354 g/mol. The van der Waals surface area contributed by atoms with E-state index < -0.39 is 5.97 Å². The molecule has 0 unspecified atom stereocenters. The summed E-state index contributed by atoms with van der Waals surface area (Å²) in [6.45, 7) is 3.52. The number of carboxylic acid groups (broad SMARTS) is 1. The van der Waals surface area contributed by atoms with Gasteiger partial charge < -0.3 is 20.6 Å². The number of aromatic carboxylic acids is 1. The van der Waals surface area contributed by atoms with Crippen molar-refractivity contribution >= 4 is 44.6 Å². The first kappa shape index (κ1) is 15.7. The van der Waals surface area contributed by atoms with E-state index in [1.54, 1.807) is 6.20 Å². The second kappa shape index (κ2) is 6.25. The maximum absolute atomic E-state index is 11.4. The molecule has 1 saturated heterocycles. The summed E-state index contributed by atoms with van der Waals surface area (Å²) in [5.41, 5.74) is 8.64. The molecule has 0 amide bonds. The number of thiophene rings is 1. The highest BCUT2D eigenvalue weighted by Gasteiger charge is 2.23. The van der Waals surface area contributed by atoms with Gasteiger partial charge in [-0.3, -0.25) is 0 Å². The number of nitrogens with two attached hydrogens (primary N) is 1. The predicted molar refractivity (Wildman–Crippen MR) is 102 cm³/mol. The van der Waals surface area contributed by atoms with Crippen LogP contribution in [0.2, 0.25) is 0 Å². The molecule has 0 atom stereocenters. The lowest BCUT2D eigenvalue weighted by molar-refractivity contribution is 0.0703. The van der Waals surface area contributed by atoms with Gasteiger partial charge in [0.15, 0.2) is 0 Å². The summed E-state index contributed by atoms with van der Waals surface area (Å²) >= 11 is 1.13. The highest BCUT2D eigenvalue weighted by molar-refractivity contribution is 7.21. The van der Waals surface area contributed by atoms with Crippen LogP contribution in [0.25, 0.3) is 10.2 Å². The lowest BCUT2D eigenvalue weighted by Gasteiger charge is -2.37. The van der Waals surface area contributed by atoms with Crippen LogP contribution in [-0.4, -0.2) is 42.2 Å². The maximum atomic E-state index is 11.4. The van der Waals surface area contributed by atoms with E-state index in [-0.39, 0.29) is 4.88 Å². The molecule has 0 aliphatic carbocycles. The van der Waals surface area contributed by atoms with Gasteiger partial charge in [0.05, 0.1) is 16.8 Å². The number of benzene rings is 1. The molecule has 1 fully saturated rings. The van der Waals surface area contributed by atoms with Crippen LogP contribution >= 0.6 is 11.3 Å². The lowest BCUT2D eigenvalue weighted by atomic mass is 10.1. The van der Waals surface area contributed by atoms with E-state index in [4.69, 9.17) is 5.73 Å². The third-order valence-electron chi connectivity index (χ3n) is 4.54. The summed E-state index contributed by atoms with van der Waals surface area (Å²) in [7, 11) is 0. The van der Waals surface area contributed by atoms with E-state index in [2.05, 4.69) is 26.9 Å². The third-order valence-corrected chi connectivity index (χ3v) is 5.64. The Labute approximate surface area is 149 Å². The number of nitrogens with zero attached hydrogens (tertiary/aromatic N) is 3. The van der Waals surface area contributed by atoms with Crippen molar-refractivity contribution in [3.8, 4) is 0 Å². The zero-order valence-corrected chi connectivity index (χ0v) is 14.4. The van der Waals surface area contributed by atoms with Crippen molar-refractivity contribution in [3.63, 3.8) is 0 Å². The first-order valence-electron chi connectivity index (χ1n) is 8.10. The second-order valence-corrected chi connectivity index (χ2v) is 6.97. The second-order valence-electron chi connectivity index (χ2n) is 5.97. The van der Waals surface area contributed by atoms with Gasteiger partial charge in [-0.15, -0.1) is 11.3 Å². The molecule has 3 aromatic rings. The Kier molecular flexibility index (Phi) is 3.93. The van der Waals surface area contributed by atoms with Crippen LogP contribution in [-0.2, 0) is 0 Å². The molecule has 0 radical (unpaired) electrons. The molecule has 0 bridgehead atoms. The number of aromatic nitrogens is 1. The zero-order valence-electron chi connectivity index (χ0n) is 13.6. The Morgan fingerprint density at radius 1 is 1.08 bits per heavy atom. The molecule has 4 rings (SSSR count). The van der Waals surface area contributed by atoms with Crippen molar-refractivity contribution in [1.29, 1.82) is 0 Å². The molecular formula is C18H18N4O2S. The van der Waals surface area contributed by atoms with Crippen molar-refractivity contribution in [2.75, 3.05) is 41.7 Å². The van der Waals surface area contributed by atoms with Gasteiger partial charge in [0.1, 0.15) is 9.71 Å². The average molecular weight is 354 g/mol. The summed E-state index contributed by atoms with van der Waals surface area (Å²) < 4.78 is 0. The van der Waals surface area contributed by atoms with Crippen LogP contribution in [0.3, 0.4) is 0 Å². The standard InChI is InChI=1S/C18H18N4O2S/c19-15-14-13(6-7-20-17(14)25-16(15)18(23)24)22-10-8-21(9-11-22)12-4-2-1-3-5-12/h1-7H,8-11,19H2,(H,23,24). The van der Waals surface area contributed by atoms with Crippen molar-refractivity contribution in [3.05, 3.63) is 47.5 Å². The van der Waals surface area contributed by atoms with Crippen LogP contribution in [0.4, 0.5) is 17.1 Å². The number of pyridine rings is 1. The quantitative estimate of drug-likeness (QED) is 0.752. The van der Waals surface area contributed by atoms with Crippen LogP contribution in [0, 0.1) is 0 Å². The minimum atomic E-state index is -1.000. The predicted octanol–water partition coefficient (Wildman–Crippen LogP) is 2.90. The fraction of sp³-hybridized carbons (Fsp3) is 0.222. The minimum Gasteiger partial charge on any atom is -0.477 e. The fourth-order valence-electron chi connectivity index (χ4n) is 3.30. The molecule has 6 nitrogen and oxygen atoms in total. The van der Waals surface area contributed by atoms with Gasteiger partial charge in [-0.05, 0) is 18.2 Å².